The minimum Gasteiger partial charge on any atom is -0.378 e. The molecule has 20 heavy (non-hydrogen) atoms. The summed E-state index contributed by atoms with van der Waals surface area (Å²) in [5.41, 5.74) is 8.65. The van der Waals surface area contributed by atoms with Gasteiger partial charge >= 0.3 is 0 Å². The number of imidazole rings is 1. The van der Waals surface area contributed by atoms with Crippen LogP contribution in [0.5, 0.6) is 0 Å². The van der Waals surface area contributed by atoms with Crippen LogP contribution >= 0.6 is 0 Å². The van der Waals surface area contributed by atoms with Crippen molar-refractivity contribution in [2.45, 2.75) is 32.4 Å². The van der Waals surface area contributed by atoms with E-state index in [9.17, 15) is 0 Å². The Kier molecular flexibility index (Phi) is 4.79. The summed E-state index contributed by atoms with van der Waals surface area (Å²) in [6, 6.07) is 8.41. The van der Waals surface area contributed by atoms with Gasteiger partial charge in [-0.1, -0.05) is 19.1 Å². The first-order valence-corrected chi connectivity index (χ1v) is 7.14. The number of rotatable bonds is 6. The van der Waals surface area contributed by atoms with E-state index >= 15 is 0 Å². The van der Waals surface area contributed by atoms with Crippen LogP contribution in [0.25, 0.3) is 0 Å². The van der Waals surface area contributed by atoms with Crippen molar-refractivity contribution in [3.8, 4) is 0 Å². The second-order valence-corrected chi connectivity index (χ2v) is 5.33. The number of hydrogen-bond acceptors (Lipinski definition) is 3. The molecule has 4 nitrogen and oxygen atoms in total. The molecule has 1 aromatic carbocycles. The Balaban J connectivity index is 2.07. The van der Waals surface area contributed by atoms with Gasteiger partial charge in [-0.2, -0.15) is 0 Å². The van der Waals surface area contributed by atoms with Crippen molar-refractivity contribution in [3.63, 3.8) is 0 Å². The van der Waals surface area contributed by atoms with Crippen molar-refractivity contribution in [1.29, 1.82) is 0 Å². The first-order valence-electron chi connectivity index (χ1n) is 7.14. The lowest BCUT2D eigenvalue weighted by atomic mass is 10.0. The lowest BCUT2D eigenvalue weighted by molar-refractivity contribution is 0.599. The van der Waals surface area contributed by atoms with E-state index in [4.69, 9.17) is 5.73 Å². The standard InChI is InChI=1S/C16H24N4/c1-4-10-20-11-9-18-16(20)12-15(17)13-5-7-14(8-6-13)19(2)3/h5-9,11,15H,4,10,12,17H2,1-3H3. The first kappa shape index (κ1) is 14.6. The smallest absolute Gasteiger partial charge is 0.110 e. The van der Waals surface area contributed by atoms with E-state index in [0.29, 0.717) is 0 Å². The van der Waals surface area contributed by atoms with Crippen LogP contribution in [-0.4, -0.2) is 23.6 Å². The summed E-state index contributed by atoms with van der Waals surface area (Å²) in [6.45, 7) is 3.17. The maximum Gasteiger partial charge on any atom is 0.110 e. The van der Waals surface area contributed by atoms with Gasteiger partial charge in [-0.05, 0) is 24.1 Å². The van der Waals surface area contributed by atoms with Gasteiger partial charge in [-0.3, -0.25) is 0 Å². The molecule has 0 bridgehead atoms. The Hall–Kier alpha value is -1.81. The van der Waals surface area contributed by atoms with Crippen LogP contribution in [-0.2, 0) is 13.0 Å². The molecule has 0 amide bonds. The molecule has 0 aliphatic heterocycles. The van der Waals surface area contributed by atoms with Crippen LogP contribution < -0.4 is 10.6 Å². The average Bonchev–Trinajstić information content (AvgIpc) is 2.86. The second kappa shape index (κ2) is 6.57. The molecule has 2 rings (SSSR count). The first-order chi connectivity index (χ1) is 9.61. The van der Waals surface area contributed by atoms with E-state index in [1.807, 2.05) is 26.5 Å². The van der Waals surface area contributed by atoms with Crippen molar-refractivity contribution in [2.24, 2.45) is 5.73 Å². The minimum atomic E-state index is -0.00998. The third-order valence-corrected chi connectivity index (χ3v) is 3.51. The molecule has 0 saturated carbocycles. The molecule has 4 heteroatoms. The summed E-state index contributed by atoms with van der Waals surface area (Å²) in [4.78, 5) is 6.51. The summed E-state index contributed by atoms with van der Waals surface area (Å²) in [5.74, 6) is 1.07. The molecule has 0 aliphatic carbocycles. The van der Waals surface area contributed by atoms with Crippen molar-refractivity contribution in [3.05, 3.63) is 48.0 Å². The number of hydrogen-bond donors (Lipinski definition) is 1. The van der Waals surface area contributed by atoms with E-state index in [2.05, 4.69) is 45.6 Å². The maximum atomic E-state index is 6.31. The molecule has 0 fully saturated rings. The Bertz CT molecular complexity index is 528. The SMILES string of the molecule is CCCn1ccnc1CC(N)c1ccc(N(C)C)cc1. The van der Waals surface area contributed by atoms with Gasteiger partial charge in [0.25, 0.3) is 0 Å². The highest BCUT2D eigenvalue weighted by Crippen LogP contribution is 2.19. The third-order valence-electron chi connectivity index (χ3n) is 3.51. The number of nitrogens with two attached hydrogens (primary N) is 1. The van der Waals surface area contributed by atoms with Crippen LogP contribution in [0.2, 0.25) is 0 Å². The third kappa shape index (κ3) is 3.39. The molecule has 0 aliphatic rings. The molecule has 1 unspecified atom stereocenters. The molecule has 1 heterocycles. The zero-order chi connectivity index (χ0) is 14.5. The average molecular weight is 272 g/mol. The highest BCUT2D eigenvalue weighted by molar-refractivity contribution is 5.46. The van der Waals surface area contributed by atoms with Gasteiger partial charge in [0.2, 0.25) is 0 Å². The van der Waals surface area contributed by atoms with Crippen molar-refractivity contribution >= 4 is 5.69 Å². The molecule has 0 radical (unpaired) electrons. The topological polar surface area (TPSA) is 47.1 Å². The van der Waals surface area contributed by atoms with Crippen molar-refractivity contribution < 1.29 is 0 Å². The molecular weight excluding hydrogens is 248 g/mol. The van der Waals surface area contributed by atoms with E-state index in [-0.39, 0.29) is 6.04 Å². The zero-order valence-corrected chi connectivity index (χ0v) is 12.6. The molecule has 1 atom stereocenters. The second-order valence-electron chi connectivity index (χ2n) is 5.33. The number of benzene rings is 1. The molecule has 108 valence electrons. The van der Waals surface area contributed by atoms with Gasteiger partial charge in [-0.25, -0.2) is 4.98 Å². The summed E-state index contributed by atoms with van der Waals surface area (Å²) in [7, 11) is 4.08. The largest absolute Gasteiger partial charge is 0.378 e. The predicted octanol–water partition coefficient (Wildman–Crippen LogP) is 2.60. The number of nitrogens with zero attached hydrogens (tertiary/aromatic N) is 3. The van der Waals surface area contributed by atoms with E-state index in [0.717, 1.165) is 30.8 Å². The lowest BCUT2D eigenvalue weighted by Gasteiger charge is -2.16. The molecular formula is C16H24N4. The summed E-state index contributed by atoms with van der Waals surface area (Å²) >= 11 is 0. The van der Waals surface area contributed by atoms with Gasteiger partial charge in [0.05, 0.1) is 0 Å². The van der Waals surface area contributed by atoms with Gasteiger partial charge in [-0.15, -0.1) is 0 Å². The molecule has 2 aromatic rings. The van der Waals surface area contributed by atoms with Gasteiger partial charge in [0.1, 0.15) is 5.82 Å². The maximum absolute atomic E-state index is 6.31. The van der Waals surface area contributed by atoms with Crippen LogP contribution in [0, 0.1) is 0 Å². The molecule has 2 N–H and O–H groups in total. The molecule has 0 spiro atoms. The highest BCUT2D eigenvalue weighted by atomic mass is 15.1. The fourth-order valence-electron chi connectivity index (χ4n) is 2.31. The van der Waals surface area contributed by atoms with E-state index < -0.39 is 0 Å². The van der Waals surface area contributed by atoms with Gasteiger partial charge in [0, 0.05) is 51.2 Å². The monoisotopic (exact) mass is 272 g/mol. The van der Waals surface area contributed by atoms with E-state index in [1.54, 1.807) is 0 Å². The van der Waals surface area contributed by atoms with Crippen LogP contribution in [0.3, 0.4) is 0 Å². The minimum absolute atomic E-state index is 0.00998. The number of aryl methyl sites for hydroxylation is 1. The molecule has 1 aromatic heterocycles. The normalized spacial score (nSPS) is 12.4. The number of anilines is 1. The lowest BCUT2D eigenvalue weighted by Crippen LogP contribution is -2.17. The quantitative estimate of drug-likeness (QED) is 0.879. The Morgan fingerprint density at radius 1 is 1.25 bits per heavy atom. The Morgan fingerprint density at radius 3 is 2.55 bits per heavy atom. The van der Waals surface area contributed by atoms with E-state index in [1.165, 1.54) is 5.69 Å². The Labute approximate surface area is 121 Å². The zero-order valence-electron chi connectivity index (χ0n) is 12.6. The van der Waals surface area contributed by atoms with Crippen LogP contribution in [0.4, 0.5) is 5.69 Å². The summed E-state index contributed by atoms with van der Waals surface area (Å²) < 4.78 is 2.19. The van der Waals surface area contributed by atoms with Crippen LogP contribution in [0.15, 0.2) is 36.7 Å². The predicted molar refractivity (Wildman–Crippen MR) is 83.9 cm³/mol. The summed E-state index contributed by atoms with van der Waals surface area (Å²) in [6.07, 6.45) is 5.76. The van der Waals surface area contributed by atoms with Gasteiger partial charge in [0.15, 0.2) is 0 Å². The molecule has 0 saturated heterocycles. The highest BCUT2D eigenvalue weighted by Gasteiger charge is 2.11. The summed E-state index contributed by atoms with van der Waals surface area (Å²) in [5, 5.41) is 0. The van der Waals surface area contributed by atoms with Crippen LogP contribution in [0.1, 0.15) is 30.8 Å². The fourth-order valence-corrected chi connectivity index (χ4v) is 2.31. The number of aromatic nitrogens is 2. The van der Waals surface area contributed by atoms with Crippen molar-refractivity contribution in [2.75, 3.05) is 19.0 Å². The Morgan fingerprint density at radius 2 is 1.95 bits per heavy atom. The van der Waals surface area contributed by atoms with Crippen molar-refractivity contribution in [1.82, 2.24) is 9.55 Å². The van der Waals surface area contributed by atoms with Gasteiger partial charge < -0.3 is 15.2 Å². The fraction of sp³-hybridized carbons (Fsp3) is 0.438.